The Bertz CT molecular complexity index is 496. The summed E-state index contributed by atoms with van der Waals surface area (Å²) in [7, 11) is 0. The lowest BCUT2D eigenvalue weighted by Gasteiger charge is -2.27. The van der Waals surface area contributed by atoms with Crippen LogP contribution in [0.3, 0.4) is 0 Å². The molecule has 0 atom stereocenters. The standard InChI is InChI=1S/C12H17N3O2S/c1-2-3-9(16)15-5-4-7-8(6-15)18-12(14)10(7)11(13)17/h2-6,14H2,1H3,(H2,13,17). The molecule has 2 amide bonds. The first-order valence-electron chi connectivity index (χ1n) is 6.02. The van der Waals surface area contributed by atoms with Gasteiger partial charge in [-0.2, -0.15) is 0 Å². The smallest absolute Gasteiger partial charge is 0.251 e. The molecule has 6 heteroatoms. The van der Waals surface area contributed by atoms with Gasteiger partial charge in [-0.15, -0.1) is 11.3 Å². The van der Waals surface area contributed by atoms with Gasteiger partial charge in [-0.1, -0.05) is 6.92 Å². The fourth-order valence-electron chi connectivity index (χ4n) is 2.28. The van der Waals surface area contributed by atoms with Crippen molar-refractivity contribution in [3.8, 4) is 0 Å². The Kier molecular flexibility index (Phi) is 3.56. The molecule has 1 aliphatic heterocycles. The molecule has 0 aliphatic carbocycles. The highest BCUT2D eigenvalue weighted by molar-refractivity contribution is 7.16. The van der Waals surface area contributed by atoms with Crippen molar-refractivity contribution in [3.05, 3.63) is 16.0 Å². The molecule has 1 aromatic heterocycles. The van der Waals surface area contributed by atoms with E-state index in [1.54, 1.807) is 0 Å². The van der Waals surface area contributed by atoms with Crippen molar-refractivity contribution in [1.29, 1.82) is 0 Å². The summed E-state index contributed by atoms with van der Waals surface area (Å²) in [5, 5.41) is 0.470. The maximum Gasteiger partial charge on any atom is 0.251 e. The molecule has 18 heavy (non-hydrogen) atoms. The molecule has 0 spiro atoms. The minimum atomic E-state index is -0.474. The number of amides is 2. The number of nitrogen functional groups attached to an aromatic ring is 1. The van der Waals surface area contributed by atoms with Gasteiger partial charge in [0.1, 0.15) is 0 Å². The molecule has 4 N–H and O–H groups in total. The molecule has 1 aromatic rings. The molecule has 0 aromatic carbocycles. The van der Waals surface area contributed by atoms with Gasteiger partial charge in [0.15, 0.2) is 0 Å². The third-order valence-corrected chi connectivity index (χ3v) is 4.19. The molecule has 0 bridgehead atoms. The number of primary amides is 1. The number of carbonyl (C=O) groups is 2. The lowest BCUT2D eigenvalue weighted by Crippen LogP contribution is -2.35. The van der Waals surface area contributed by atoms with Crippen molar-refractivity contribution in [1.82, 2.24) is 4.90 Å². The molecular formula is C12H17N3O2S. The van der Waals surface area contributed by atoms with Crippen molar-refractivity contribution in [3.63, 3.8) is 0 Å². The van der Waals surface area contributed by atoms with Crippen molar-refractivity contribution in [2.24, 2.45) is 5.73 Å². The van der Waals surface area contributed by atoms with Gasteiger partial charge in [-0.3, -0.25) is 9.59 Å². The zero-order chi connectivity index (χ0) is 13.3. The molecule has 0 saturated carbocycles. The highest BCUT2D eigenvalue weighted by atomic mass is 32.1. The van der Waals surface area contributed by atoms with Crippen LogP contribution in [0.1, 0.15) is 40.6 Å². The topological polar surface area (TPSA) is 89.4 Å². The van der Waals surface area contributed by atoms with E-state index >= 15 is 0 Å². The van der Waals surface area contributed by atoms with Crippen LogP contribution in [0.5, 0.6) is 0 Å². The van der Waals surface area contributed by atoms with E-state index in [0.717, 1.165) is 16.9 Å². The maximum absolute atomic E-state index is 11.8. The summed E-state index contributed by atoms with van der Waals surface area (Å²) in [6.45, 7) is 3.18. The zero-order valence-corrected chi connectivity index (χ0v) is 11.2. The number of anilines is 1. The molecule has 2 heterocycles. The van der Waals surface area contributed by atoms with Crippen LogP contribution in [0.25, 0.3) is 0 Å². The van der Waals surface area contributed by atoms with Gasteiger partial charge in [-0.25, -0.2) is 0 Å². The fraction of sp³-hybridized carbons (Fsp3) is 0.500. The minimum absolute atomic E-state index is 0.163. The maximum atomic E-state index is 11.8. The molecule has 0 radical (unpaired) electrons. The Balaban J connectivity index is 2.23. The first kappa shape index (κ1) is 12.9. The predicted octanol–water partition coefficient (Wildman–Crippen LogP) is 1.11. The van der Waals surface area contributed by atoms with E-state index in [1.807, 2.05) is 11.8 Å². The van der Waals surface area contributed by atoms with E-state index in [2.05, 4.69) is 0 Å². The highest BCUT2D eigenvalue weighted by Gasteiger charge is 2.27. The number of nitrogens with two attached hydrogens (primary N) is 2. The van der Waals surface area contributed by atoms with Gasteiger partial charge in [-0.05, 0) is 18.4 Å². The lowest BCUT2D eigenvalue weighted by molar-refractivity contribution is -0.132. The van der Waals surface area contributed by atoms with E-state index in [4.69, 9.17) is 11.5 Å². The zero-order valence-electron chi connectivity index (χ0n) is 10.4. The number of hydrogen-bond acceptors (Lipinski definition) is 4. The highest BCUT2D eigenvalue weighted by Crippen LogP contribution is 2.34. The van der Waals surface area contributed by atoms with E-state index in [9.17, 15) is 9.59 Å². The van der Waals surface area contributed by atoms with Crippen molar-refractivity contribution in [2.45, 2.75) is 32.7 Å². The number of hydrogen-bond donors (Lipinski definition) is 2. The van der Waals surface area contributed by atoms with Crippen molar-refractivity contribution < 1.29 is 9.59 Å². The summed E-state index contributed by atoms with van der Waals surface area (Å²) in [5.41, 5.74) is 12.5. The quantitative estimate of drug-likeness (QED) is 0.859. The number of fused-ring (bicyclic) bond motifs is 1. The van der Waals surface area contributed by atoms with Crippen LogP contribution < -0.4 is 11.5 Å². The Labute approximate surface area is 110 Å². The summed E-state index contributed by atoms with van der Waals surface area (Å²) in [5.74, 6) is -0.311. The van der Waals surface area contributed by atoms with Crippen molar-refractivity contribution in [2.75, 3.05) is 12.3 Å². The molecular weight excluding hydrogens is 250 g/mol. The van der Waals surface area contributed by atoms with E-state index in [1.165, 1.54) is 11.3 Å². The van der Waals surface area contributed by atoms with Gasteiger partial charge in [0.25, 0.3) is 5.91 Å². The molecule has 98 valence electrons. The first-order chi connectivity index (χ1) is 8.54. The number of thiophene rings is 1. The molecule has 0 saturated heterocycles. The Morgan fingerprint density at radius 3 is 2.78 bits per heavy atom. The summed E-state index contributed by atoms with van der Waals surface area (Å²) >= 11 is 1.37. The van der Waals surface area contributed by atoms with Crippen molar-refractivity contribution >= 4 is 28.2 Å². The largest absolute Gasteiger partial charge is 0.390 e. The lowest BCUT2D eigenvalue weighted by atomic mass is 10.0. The second-order valence-electron chi connectivity index (χ2n) is 4.42. The van der Waals surface area contributed by atoms with Crippen LogP contribution >= 0.6 is 11.3 Å². The van der Waals surface area contributed by atoms with Gasteiger partial charge in [0, 0.05) is 17.8 Å². The minimum Gasteiger partial charge on any atom is -0.390 e. The monoisotopic (exact) mass is 267 g/mol. The summed E-state index contributed by atoms with van der Waals surface area (Å²) < 4.78 is 0. The molecule has 1 aliphatic rings. The number of nitrogens with zero attached hydrogens (tertiary/aromatic N) is 1. The fourth-order valence-corrected chi connectivity index (χ4v) is 3.42. The number of rotatable bonds is 3. The second-order valence-corrected chi connectivity index (χ2v) is 5.56. The summed E-state index contributed by atoms with van der Waals surface area (Å²) in [6.07, 6.45) is 2.08. The first-order valence-corrected chi connectivity index (χ1v) is 6.83. The molecule has 0 unspecified atom stereocenters. The Morgan fingerprint density at radius 2 is 2.17 bits per heavy atom. The normalized spacial score (nSPS) is 14.4. The Hall–Kier alpha value is -1.56. The van der Waals surface area contributed by atoms with Gasteiger partial charge < -0.3 is 16.4 Å². The average molecular weight is 267 g/mol. The van der Waals surface area contributed by atoms with Gasteiger partial charge in [0.2, 0.25) is 5.91 Å². The van der Waals surface area contributed by atoms with Gasteiger partial charge >= 0.3 is 0 Å². The van der Waals surface area contributed by atoms with E-state index in [0.29, 0.717) is 36.5 Å². The van der Waals surface area contributed by atoms with Crippen LogP contribution in [0.2, 0.25) is 0 Å². The summed E-state index contributed by atoms with van der Waals surface area (Å²) in [4.78, 5) is 26.0. The number of carbonyl (C=O) groups excluding carboxylic acids is 2. The van der Waals surface area contributed by atoms with Gasteiger partial charge in [0.05, 0.1) is 17.1 Å². The van der Waals surface area contributed by atoms with Crippen LogP contribution in [0.15, 0.2) is 0 Å². The molecule has 2 rings (SSSR count). The van der Waals surface area contributed by atoms with Crippen LogP contribution in [-0.2, 0) is 17.8 Å². The third-order valence-electron chi connectivity index (χ3n) is 3.15. The average Bonchev–Trinajstić information content (AvgIpc) is 2.63. The van der Waals surface area contributed by atoms with E-state index in [-0.39, 0.29) is 5.91 Å². The van der Waals surface area contributed by atoms with E-state index < -0.39 is 5.91 Å². The predicted molar refractivity (Wildman–Crippen MR) is 71.3 cm³/mol. The molecule has 5 nitrogen and oxygen atoms in total. The third kappa shape index (κ3) is 2.20. The molecule has 0 fully saturated rings. The SMILES string of the molecule is CCCC(=O)N1CCc2c(sc(N)c2C(N)=O)C1. The second kappa shape index (κ2) is 4.97. The Morgan fingerprint density at radius 1 is 1.44 bits per heavy atom. The summed E-state index contributed by atoms with van der Waals surface area (Å²) in [6, 6.07) is 0. The van der Waals surface area contributed by atoms with Crippen LogP contribution in [0.4, 0.5) is 5.00 Å². The van der Waals surface area contributed by atoms with Crippen LogP contribution in [0, 0.1) is 0 Å². The van der Waals surface area contributed by atoms with Crippen LogP contribution in [-0.4, -0.2) is 23.3 Å².